The Balaban J connectivity index is 4.46. The fraction of sp³-hybridized carbons (Fsp3) is 0.800. The van der Waals surface area contributed by atoms with Gasteiger partial charge in [0.15, 0.2) is 0 Å². The van der Waals surface area contributed by atoms with Gasteiger partial charge in [-0.1, -0.05) is 20.4 Å². The van der Waals surface area contributed by atoms with Gasteiger partial charge in [-0.05, 0) is 40.5 Å². The zero-order valence-corrected chi connectivity index (χ0v) is 12.7. The molecule has 0 aliphatic carbocycles. The maximum atomic E-state index is 11.6. The molecule has 0 radical (unpaired) electrons. The minimum atomic E-state index is -0.483. The summed E-state index contributed by atoms with van der Waals surface area (Å²) in [4.78, 5) is 11.6. The van der Waals surface area contributed by atoms with Crippen molar-refractivity contribution in [3.05, 3.63) is 12.2 Å². The SMILES string of the molecule is C=C(C)C(=O)OC(C)(CC)CC(C)OC(C)CC. The van der Waals surface area contributed by atoms with E-state index in [9.17, 15) is 4.79 Å². The normalized spacial score (nSPS) is 17.7. The van der Waals surface area contributed by atoms with Gasteiger partial charge in [-0.2, -0.15) is 0 Å². The van der Waals surface area contributed by atoms with E-state index in [1.165, 1.54) is 0 Å². The van der Waals surface area contributed by atoms with Crippen molar-refractivity contribution in [1.82, 2.24) is 0 Å². The van der Waals surface area contributed by atoms with E-state index < -0.39 is 5.60 Å². The zero-order valence-electron chi connectivity index (χ0n) is 12.7. The quantitative estimate of drug-likeness (QED) is 0.488. The van der Waals surface area contributed by atoms with Crippen LogP contribution >= 0.6 is 0 Å². The summed E-state index contributed by atoms with van der Waals surface area (Å²) in [6.07, 6.45) is 2.76. The number of carbonyl (C=O) groups excluding carboxylic acids is 1. The third-order valence-electron chi connectivity index (χ3n) is 3.19. The Morgan fingerprint density at radius 2 is 1.83 bits per heavy atom. The van der Waals surface area contributed by atoms with Crippen LogP contribution in [-0.2, 0) is 14.3 Å². The van der Waals surface area contributed by atoms with Crippen LogP contribution in [0.2, 0.25) is 0 Å². The molecule has 0 aliphatic heterocycles. The summed E-state index contributed by atoms with van der Waals surface area (Å²) < 4.78 is 11.3. The summed E-state index contributed by atoms with van der Waals surface area (Å²) in [5.41, 5.74) is -0.0479. The second kappa shape index (κ2) is 7.57. The molecule has 0 spiro atoms. The third-order valence-corrected chi connectivity index (χ3v) is 3.19. The Morgan fingerprint density at radius 1 is 1.28 bits per heavy atom. The Labute approximate surface area is 112 Å². The van der Waals surface area contributed by atoms with Crippen LogP contribution in [0.15, 0.2) is 12.2 Å². The maximum absolute atomic E-state index is 11.6. The zero-order chi connectivity index (χ0) is 14.3. The second-order valence-electron chi connectivity index (χ2n) is 5.34. The predicted molar refractivity (Wildman–Crippen MR) is 74.5 cm³/mol. The van der Waals surface area contributed by atoms with Crippen molar-refractivity contribution in [2.24, 2.45) is 0 Å². The van der Waals surface area contributed by atoms with Crippen LogP contribution in [-0.4, -0.2) is 23.8 Å². The standard InChI is InChI=1S/C15H28O3/c1-8-12(5)17-13(6)10-15(7,9-2)18-14(16)11(3)4/h12-13H,3,8-10H2,1-2,4-7H3. The lowest BCUT2D eigenvalue weighted by molar-refractivity contribution is -0.157. The van der Waals surface area contributed by atoms with Crippen LogP contribution in [0.25, 0.3) is 0 Å². The third kappa shape index (κ3) is 6.20. The fourth-order valence-electron chi connectivity index (χ4n) is 1.72. The van der Waals surface area contributed by atoms with Crippen molar-refractivity contribution in [3.8, 4) is 0 Å². The average Bonchev–Trinajstić information content (AvgIpc) is 2.28. The smallest absolute Gasteiger partial charge is 0.333 e. The highest BCUT2D eigenvalue weighted by Gasteiger charge is 2.30. The molecular formula is C15H28O3. The van der Waals surface area contributed by atoms with Crippen LogP contribution in [0.3, 0.4) is 0 Å². The molecule has 0 aromatic carbocycles. The van der Waals surface area contributed by atoms with Crippen LogP contribution in [0.1, 0.15) is 60.8 Å². The molecule has 3 atom stereocenters. The summed E-state index contributed by atoms with van der Waals surface area (Å²) in [5.74, 6) is -0.324. The predicted octanol–water partition coefficient (Wildman–Crippen LogP) is 3.87. The van der Waals surface area contributed by atoms with Gasteiger partial charge in [0.05, 0.1) is 12.2 Å². The molecule has 3 nitrogen and oxygen atoms in total. The highest BCUT2D eigenvalue weighted by molar-refractivity contribution is 5.87. The number of hydrogen-bond acceptors (Lipinski definition) is 3. The lowest BCUT2D eigenvalue weighted by atomic mass is 9.95. The number of rotatable bonds is 8. The molecule has 106 valence electrons. The fourth-order valence-corrected chi connectivity index (χ4v) is 1.72. The van der Waals surface area contributed by atoms with Gasteiger partial charge in [0.1, 0.15) is 5.60 Å². The van der Waals surface area contributed by atoms with Gasteiger partial charge in [-0.15, -0.1) is 0 Å². The lowest BCUT2D eigenvalue weighted by Crippen LogP contribution is -2.36. The Morgan fingerprint density at radius 3 is 2.22 bits per heavy atom. The van der Waals surface area contributed by atoms with E-state index in [1.54, 1.807) is 6.92 Å². The summed E-state index contributed by atoms with van der Waals surface area (Å²) in [6.45, 7) is 15.4. The molecule has 0 rings (SSSR count). The molecule has 0 aromatic heterocycles. The van der Waals surface area contributed by atoms with Crippen LogP contribution in [0, 0.1) is 0 Å². The van der Waals surface area contributed by atoms with Gasteiger partial charge < -0.3 is 9.47 Å². The van der Waals surface area contributed by atoms with Crippen molar-refractivity contribution in [1.29, 1.82) is 0 Å². The van der Waals surface area contributed by atoms with Crippen molar-refractivity contribution < 1.29 is 14.3 Å². The Bertz CT molecular complexity index is 285. The van der Waals surface area contributed by atoms with Gasteiger partial charge in [0, 0.05) is 12.0 Å². The van der Waals surface area contributed by atoms with E-state index in [2.05, 4.69) is 20.4 Å². The number of esters is 1. The van der Waals surface area contributed by atoms with E-state index in [1.807, 2.05) is 20.8 Å². The lowest BCUT2D eigenvalue weighted by Gasteiger charge is -2.32. The van der Waals surface area contributed by atoms with Crippen molar-refractivity contribution in [3.63, 3.8) is 0 Å². The monoisotopic (exact) mass is 256 g/mol. The van der Waals surface area contributed by atoms with Crippen molar-refractivity contribution in [2.75, 3.05) is 0 Å². The van der Waals surface area contributed by atoms with E-state index >= 15 is 0 Å². The largest absolute Gasteiger partial charge is 0.456 e. The Hall–Kier alpha value is -0.830. The molecule has 0 saturated heterocycles. The molecular weight excluding hydrogens is 228 g/mol. The molecule has 0 aromatic rings. The van der Waals surface area contributed by atoms with Gasteiger partial charge in [0.2, 0.25) is 0 Å². The molecule has 0 bridgehead atoms. The minimum absolute atomic E-state index is 0.0721. The van der Waals surface area contributed by atoms with Crippen LogP contribution in [0.5, 0.6) is 0 Å². The molecule has 0 heterocycles. The highest BCUT2D eigenvalue weighted by atomic mass is 16.6. The van der Waals surface area contributed by atoms with Crippen molar-refractivity contribution >= 4 is 5.97 Å². The first-order valence-electron chi connectivity index (χ1n) is 6.78. The summed E-state index contributed by atoms with van der Waals surface area (Å²) in [5, 5.41) is 0. The second-order valence-corrected chi connectivity index (χ2v) is 5.34. The summed E-state index contributed by atoms with van der Waals surface area (Å²) >= 11 is 0. The Kier molecular flexibility index (Phi) is 7.22. The van der Waals surface area contributed by atoms with Crippen LogP contribution < -0.4 is 0 Å². The number of carbonyl (C=O) groups is 1. The molecule has 18 heavy (non-hydrogen) atoms. The molecule has 0 N–H and O–H groups in total. The first kappa shape index (κ1) is 17.2. The van der Waals surface area contributed by atoms with Gasteiger partial charge in [-0.3, -0.25) is 0 Å². The molecule has 3 heteroatoms. The maximum Gasteiger partial charge on any atom is 0.333 e. The number of hydrogen-bond donors (Lipinski definition) is 0. The average molecular weight is 256 g/mol. The van der Waals surface area contributed by atoms with Gasteiger partial charge in [0.25, 0.3) is 0 Å². The molecule has 0 amide bonds. The van der Waals surface area contributed by atoms with Crippen molar-refractivity contribution in [2.45, 2.75) is 78.6 Å². The van der Waals surface area contributed by atoms with E-state index in [-0.39, 0.29) is 18.2 Å². The van der Waals surface area contributed by atoms with E-state index in [0.29, 0.717) is 12.0 Å². The summed E-state index contributed by atoms with van der Waals surface area (Å²) in [7, 11) is 0. The molecule has 0 fully saturated rings. The first-order valence-corrected chi connectivity index (χ1v) is 6.78. The number of ether oxygens (including phenoxy) is 2. The highest BCUT2D eigenvalue weighted by Crippen LogP contribution is 2.25. The molecule has 0 aliphatic rings. The summed E-state index contributed by atoms with van der Waals surface area (Å²) in [6, 6.07) is 0. The molecule has 0 saturated carbocycles. The minimum Gasteiger partial charge on any atom is -0.456 e. The van der Waals surface area contributed by atoms with Crippen LogP contribution in [0.4, 0.5) is 0 Å². The van der Waals surface area contributed by atoms with Gasteiger partial charge in [-0.25, -0.2) is 4.79 Å². The van der Waals surface area contributed by atoms with Gasteiger partial charge >= 0.3 is 5.97 Å². The van der Waals surface area contributed by atoms with E-state index in [4.69, 9.17) is 9.47 Å². The first-order chi connectivity index (χ1) is 8.24. The van der Waals surface area contributed by atoms with E-state index in [0.717, 1.165) is 12.8 Å². The topological polar surface area (TPSA) is 35.5 Å². The molecule has 3 unspecified atom stereocenters.